The van der Waals surface area contributed by atoms with E-state index in [2.05, 4.69) is 4.72 Å². The fourth-order valence-electron chi connectivity index (χ4n) is 1.78. The highest BCUT2D eigenvalue weighted by Crippen LogP contribution is 2.21. The average Bonchev–Trinajstić information content (AvgIpc) is 2.39. The van der Waals surface area contributed by atoms with E-state index in [-0.39, 0.29) is 4.90 Å². The Morgan fingerprint density at radius 2 is 1.75 bits per heavy atom. The molecule has 0 bridgehead atoms. The summed E-state index contributed by atoms with van der Waals surface area (Å²) in [4.78, 5) is 0.213. The van der Waals surface area contributed by atoms with Crippen molar-refractivity contribution in [2.75, 3.05) is 10.5 Å². The molecule has 0 aliphatic carbocycles. The molecule has 2 aromatic carbocycles. The normalized spacial score (nSPS) is 11.3. The van der Waals surface area contributed by atoms with Crippen LogP contribution in [0.3, 0.4) is 0 Å². The van der Waals surface area contributed by atoms with Crippen molar-refractivity contribution in [3.63, 3.8) is 0 Å². The van der Waals surface area contributed by atoms with Crippen molar-refractivity contribution < 1.29 is 8.42 Å². The summed E-state index contributed by atoms with van der Waals surface area (Å²) in [7, 11) is -3.60. The number of sulfonamides is 1. The molecule has 0 unspecified atom stereocenters. The maximum Gasteiger partial charge on any atom is 0.261 e. The highest BCUT2D eigenvalue weighted by atomic mass is 32.2. The van der Waals surface area contributed by atoms with Gasteiger partial charge in [-0.05, 0) is 36.8 Å². The number of aryl methyl sites for hydroxylation is 1. The Morgan fingerprint density at radius 1 is 1.10 bits per heavy atom. The van der Waals surface area contributed by atoms with Gasteiger partial charge in [0.25, 0.3) is 10.0 Å². The van der Waals surface area contributed by atoms with Gasteiger partial charge in [-0.2, -0.15) is 0 Å². The van der Waals surface area contributed by atoms with Crippen molar-refractivity contribution in [1.29, 1.82) is 0 Å². The minimum Gasteiger partial charge on any atom is -0.398 e. The van der Waals surface area contributed by atoms with E-state index in [1.807, 2.05) is 6.92 Å². The molecule has 2 aromatic rings. The summed E-state index contributed by atoms with van der Waals surface area (Å²) < 4.78 is 26.9. The number of benzene rings is 2. The lowest BCUT2D eigenvalue weighted by Crippen LogP contribution is -2.13. The van der Waals surface area contributed by atoms with E-state index >= 15 is 0 Å². The van der Waals surface area contributed by atoms with Crippen molar-refractivity contribution in [3.05, 3.63) is 53.6 Å². The van der Waals surface area contributed by atoms with Crippen LogP contribution in [0, 0.1) is 6.92 Å². The molecule has 0 spiro atoms. The van der Waals surface area contributed by atoms with E-state index in [4.69, 9.17) is 11.5 Å². The summed E-state index contributed by atoms with van der Waals surface area (Å²) in [6.07, 6.45) is 0. The van der Waals surface area contributed by atoms with Crippen LogP contribution in [0.4, 0.5) is 11.4 Å². The van der Waals surface area contributed by atoms with Crippen molar-refractivity contribution in [3.8, 4) is 0 Å². The predicted octanol–water partition coefficient (Wildman–Crippen LogP) is 1.84. The Balaban J connectivity index is 2.28. The van der Waals surface area contributed by atoms with Crippen molar-refractivity contribution in [2.24, 2.45) is 5.73 Å². The van der Waals surface area contributed by atoms with E-state index < -0.39 is 10.0 Å². The first-order valence-electron chi connectivity index (χ1n) is 6.10. The average molecular weight is 291 g/mol. The summed E-state index contributed by atoms with van der Waals surface area (Å²) in [6.45, 7) is 2.22. The van der Waals surface area contributed by atoms with E-state index in [1.165, 1.54) is 0 Å². The van der Waals surface area contributed by atoms with Gasteiger partial charge in [0.1, 0.15) is 0 Å². The zero-order chi connectivity index (χ0) is 14.8. The Morgan fingerprint density at radius 3 is 2.30 bits per heavy atom. The molecule has 0 amide bonds. The predicted molar refractivity (Wildman–Crippen MR) is 80.7 cm³/mol. The van der Waals surface area contributed by atoms with Gasteiger partial charge in [0.2, 0.25) is 0 Å². The van der Waals surface area contributed by atoms with Gasteiger partial charge in [-0.3, -0.25) is 4.72 Å². The quantitative estimate of drug-likeness (QED) is 0.748. The van der Waals surface area contributed by atoms with Crippen LogP contribution < -0.4 is 16.2 Å². The van der Waals surface area contributed by atoms with E-state index in [0.717, 1.165) is 11.1 Å². The van der Waals surface area contributed by atoms with Crippen molar-refractivity contribution in [1.82, 2.24) is 0 Å². The van der Waals surface area contributed by atoms with Gasteiger partial charge in [-0.25, -0.2) is 8.42 Å². The summed E-state index contributed by atoms with van der Waals surface area (Å²) in [5.41, 5.74) is 14.0. The van der Waals surface area contributed by atoms with Crippen molar-refractivity contribution in [2.45, 2.75) is 18.4 Å². The van der Waals surface area contributed by atoms with E-state index in [9.17, 15) is 8.42 Å². The van der Waals surface area contributed by atoms with Crippen LogP contribution in [-0.4, -0.2) is 8.42 Å². The van der Waals surface area contributed by atoms with Crippen LogP contribution in [0.1, 0.15) is 11.1 Å². The zero-order valence-electron chi connectivity index (χ0n) is 11.1. The highest BCUT2D eigenvalue weighted by molar-refractivity contribution is 7.92. The standard InChI is InChI=1S/C14H17N3O2S/c1-10-2-6-13(7-3-10)20(18,19)17-12-5-4-11(9-15)14(16)8-12/h2-8,17H,9,15-16H2,1H3. The zero-order valence-corrected chi connectivity index (χ0v) is 11.9. The smallest absolute Gasteiger partial charge is 0.261 e. The highest BCUT2D eigenvalue weighted by Gasteiger charge is 2.14. The van der Waals surface area contributed by atoms with Crippen LogP contribution in [0.5, 0.6) is 0 Å². The molecule has 5 nitrogen and oxygen atoms in total. The topological polar surface area (TPSA) is 98.2 Å². The molecule has 6 heteroatoms. The van der Waals surface area contributed by atoms with Gasteiger partial charge in [0.15, 0.2) is 0 Å². The fraction of sp³-hybridized carbons (Fsp3) is 0.143. The molecule has 5 N–H and O–H groups in total. The van der Waals surface area contributed by atoms with Crippen LogP contribution in [0.15, 0.2) is 47.4 Å². The molecule has 0 aliphatic heterocycles. The molecule has 0 aromatic heterocycles. The first kappa shape index (κ1) is 14.4. The molecular weight excluding hydrogens is 274 g/mol. The van der Waals surface area contributed by atoms with Crippen LogP contribution in [0.25, 0.3) is 0 Å². The lowest BCUT2D eigenvalue weighted by atomic mass is 10.1. The molecule has 0 atom stereocenters. The first-order valence-corrected chi connectivity index (χ1v) is 7.58. The molecule has 0 saturated heterocycles. The second kappa shape index (κ2) is 5.52. The van der Waals surface area contributed by atoms with Gasteiger partial charge < -0.3 is 11.5 Å². The number of nitrogens with one attached hydrogen (secondary N) is 1. The van der Waals surface area contributed by atoms with Gasteiger partial charge in [0, 0.05) is 12.2 Å². The van der Waals surface area contributed by atoms with Gasteiger partial charge in [0.05, 0.1) is 10.6 Å². The first-order chi connectivity index (χ1) is 9.42. The second-order valence-corrected chi connectivity index (χ2v) is 6.22. The van der Waals surface area contributed by atoms with E-state index in [1.54, 1.807) is 42.5 Å². The number of nitrogens with two attached hydrogens (primary N) is 2. The maximum atomic E-state index is 12.2. The number of hydrogen-bond donors (Lipinski definition) is 3. The number of nitrogen functional groups attached to an aromatic ring is 1. The third kappa shape index (κ3) is 3.09. The third-order valence-corrected chi connectivity index (χ3v) is 4.35. The van der Waals surface area contributed by atoms with Gasteiger partial charge in [-0.1, -0.05) is 23.8 Å². The van der Waals surface area contributed by atoms with Crippen LogP contribution in [-0.2, 0) is 16.6 Å². The van der Waals surface area contributed by atoms with Crippen molar-refractivity contribution >= 4 is 21.4 Å². The maximum absolute atomic E-state index is 12.2. The number of hydrogen-bond acceptors (Lipinski definition) is 4. The molecule has 0 fully saturated rings. The summed E-state index contributed by atoms with van der Waals surface area (Å²) in [5, 5.41) is 0. The lowest BCUT2D eigenvalue weighted by molar-refractivity contribution is 0.601. The molecule has 2 rings (SSSR count). The molecule has 0 heterocycles. The minimum absolute atomic E-state index is 0.213. The SMILES string of the molecule is Cc1ccc(S(=O)(=O)Nc2ccc(CN)c(N)c2)cc1. The molecule has 0 saturated carbocycles. The van der Waals surface area contributed by atoms with Gasteiger partial charge >= 0.3 is 0 Å². The Bertz CT molecular complexity index is 710. The Labute approximate surface area is 118 Å². The largest absolute Gasteiger partial charge is 0.398 e. The molecule has 106 valence electrons. The molecule has 0 radical (unpaired) electrons. The summed E-state index contributed by atoms with van der Waals surface area (Å²) in [5.74, 6) is 0. The number of anilines is 2. The molecule has 20 heavy (non-hydrogen) atoms. The lowest BCUT2D eigenvalue weighted by Gasteiger charge is -2.10. The van der Waals surface area contributed by atoms with Crippen LogP contribution in [0.2, 0.25) is 0 Å². The number of rotatable bonds is 4. The van der Waals surface area contributed by atoms with Crippen LogP contribution >= 0.6 is 0 Å². The molecule has 0 aliphatic rings. The Hall–Kier alpha value is -2.05. The molecular formula is C14H17N3O2S. The summed E-state index contributed by atoms with van der Waals surface area (Å²) in [6, 6.07) is 11.5. The fourth-order valence-corrected chi connectivity index (χ4v) is 2.83. The minimum atomic E-state index is -3.60. The second-order valence-electron chi connectivity index (χ2n) is 4.54. The van der Waals surface area contributed by atoms with E-state index in [0.29, 0.717) is 17.9 Å². The Kier molecular flexibility index (Phi) is 3.96. The van der Waals surface area contributed by atoms with Gasteiger partial charge in [-0.15, -0.1) is 0 Å². The third-order valence-electron chi connectivity index (χ3n) is 2.95. The monoisotopic (exact) mass is 291 g/mol. The summed E-state index contributed by atoms with van der Waals surface area (Å²) >= 11 is 0.